The fourth-order valence-electron chi connectivity index (χ4n) is 1.34. The lowest BCUT2D eigenvalue weighted by atomic mass is 10.1. The number of rotatable bonds is 7. The topological polar surface area (TPSA) is 162 Å². The van der Waals surface area contributed by atoms with Crippen LogP contribution >= 0.6 is 0 Å². The molecular weight excluding hydrogens is 282 g/mol. The summed E-state index contributed by atoms with van der Waals surface area (Å²) in [6.07, 6.45) is -0.980. The predicted molar refractivity (Wildman–Crippen MR) is 71.8 cm³/mol. The first kappa shape index (κ1) is 18.8. The molecular formula is C12H21N3O6. The largest absolute Gasteiger partial charge is 0.480 e. The van der Waals surface area contributed by atoms with Crippen LogP contribution in [0.1, 0.15) is 33.6 Å². The number of carbonyl (C=O) groups excluding carboxylic acids is 3. The van der Waals surface area contributed by atoms with Gasteiger partial charge in [-0.25, -0.2) is 4.79 Å². The van der Waals surface area contributed by atoms with Crippen molar-refractivity contribution in [2.45, 2.75) is 51.3 Å². The summed E-state index contributed by atoms with van der Waals surface area (Å²) in [6.45, 7) is 4.88. The predicted octanol–water partition coefficient (Wildman–Crippen LogP) is -1.51. The minimum absolute atomic E-state index is 0.426. The lowest BCUT2D eigenvalue weighted by Gasteiger charge is -2.22. The number of hydrogen-bond donors (Lipinski definition) is 4. The minimum atomic E-state index is -1.49. The van der Waals surface area contributed by atoms with Crippen molar-refractivity contribution in [1.29, 1.82) is 0 Å². The molecule has 0 aromatic carbocycles. The van der Waals surface area contributed by atoms with Crippen molar-refractivity contribution in [3.8, 4) is 0 Å². The van der Waals surface area contributed by atoms with Crippen LogP contribution in [0.2, 0.25) is 0 Å². The monoisotopic (exact) mass is 303 g/mol. The highest BCUT2D eigenvalue weighted by Gasteiger charge is 2.28. The van der Waals surface area contributed by atoms with Gasteiger partial charge in [0.2, 0.25) is 11.8 Å². The van der Waals surface area contributed by atoms with Crippen molar-refractivity contribution in [1.82, 2.24) is 5.32 Å². The standard InChI is InChI=1S/C12H21N3O6/c1-12(2,3)21-9(17)5-7(11(19)20)15-10(18)6(13)4-8(14)16/h6-7H,4-5,13H2,1-3H3,(H2,14,16)(H,15,18)(H,19,20)/t6?,7-/m0/s1. The van der Waals surface area contributed by atoms with Crippen molar-refractivity contribution in [2.75, 3.05) is 0 Å². The fraction of sp³-hybridized carbons (Fsp3) is 0.667. The van der Waals surface area contributed by atoms with Crippen LogP contribution in [-0.4, -0.2) is 46.5 Å². The summed E-state index contributed by atoms with van der Waals surface area (Å²) in [4.78, 5) is 44.8. The third kappa shape index (κ3) is 8.58. The molecule has 0 saturated carbocycles. The lowest BCUT2D eigenvalue weighted by Crippen LogP contribution is -2.50. The van der Waals surface area contributed by atoms with Crippen LogP contribution in [-0.2, 0) is 23.9 Å². The van der Waals surface area contributed by atoms with Gasteiger partial charge in [0.05, 0.1) is 18.9 Å². The second kappa shape index (κ2) is 7.58. The van der Waals surface area contributed by atoms with Gasteiger partial charge in [0.15, 0.2) is 0 Å². The van der Waals surface area contributed by atoms with Crippen molar-refractivity contribution in [2.24, 2.45) is 11.5 Å². The summed E-state index contributed by atoms with van der Waals surface area (Å²) < 4.78 is 4.97. The molecule has 9 nitrogen and oxygen atoms in total. The maximum Gasteiger partial charge on any atom is 0.326 e. The molecule has 1 unspecified atom stereocenters. The molecule has 9 heteroatoms. The molecule has 0 radical (unpaired) electrons. The first-order valence-corrected chi connectivity index (χ1v) is 6.21. The summed E-state index contributed by atoms with van der Waals surface area (Å²) >= 11 is 0. The van der Waals surface area contributed by atoms with E-state index in [4.69, 9.17) is 21.3 Å². The smallest absolute Gasteiger partial charge is 0.326 e. The minimum Gasteiger partial charge on any atom is -0.480 e. The average Bonchev–Trinajstić information content (AvgIpc) is 2.23. The van der Waals surface area contributed by atoms with Gasteiger partial charge in [-0.3, -0.25) is 14.4 Å². The zero-order chi connectivity index (χ0) is 16.8. The molecule has 120 valence electrons. The van der Waals surface area contributed by atoms with Crippen LogP contribution in [0.15, 0.2) is 0 Å². The number of aliphatic carboxylic acids is 1. The molecule has 0 aliphatic carbocycles. The van der Waals surface area contributed by atoms with Gasteiger partial charge in [0, 0.05) is 0 Å². The van der Waals surface area contributed by atoms with Gasteiger partial charge in [-0.05, 0) is 20.8 Å². The maximum absolute atomic E-state index is 11.6. The highest BCUT2D eigenvalue weighted by molar-refractivity contribution is 5.91. The van der Waals surface area contributed by atoms with Crippen molar-refractivity contribution < 1.29 is 29.0 Å². The van der Waals surface area contributed by atoms with E-state index in [1.807, 2.05) is 0 Å². The number of carboxylic acids is 1. The summed E-state index contributed by atoms with van der Waals surface area (Å²) in [5.74, 6) is -3.87. The molecule has 0 fully saturated rings. The molecule has 0 aliphatic rings. The van der Waals surface area contributed by atoms with E-state index >= 15 is 0 Å². The van der Waals surface area contributed by atoms with Crippen molar-refractivity contribution in [3.05, 3.63) is 0 Å². The molecule has 0 rings (SSSR count). The third-order valence-electron chi connectivity index (χ3n) is 2.16. The van der Waals surface area contributed by atoms with E-state index in [-0.39, 0.29) is 0 Å². The number of hydrogen-bond acceptors (Lipinski definition) is 6. The van der Waals surface area contributed by atoms with Crippen molar-refractivity contribution >= 4 is 23.8 Å². The first-order chi connectivity index (χ1) is 9.42. The van der Waals surface area contributed by atoms with Gasteiger partial charge in [0.25, 0.3) is 0 Å². The quantitative estimate of drug-likeness (QED) is 0.415. The zero-order valence-electron chi connectivity index (χ0n) is 12.2. The fourth-order valence-corrected chi connectivity index (χ4v) is 1.34. The SMILES string of the molecule is CC(C)(C)OC(=O)C[C@H](NC(=O)C(N)CC(N)=O)C(=O)O. The molecule has 0 saturated heterocycles. The zero-order valence-corrected chi connectivity index (χ0v) is 12.2. The molecule has 0 spiro atoms. The second-order valence-electron chi connectivity index (χ2n) is 5.47. The van der Waals surface area contributed by atoms with Crippen LogP contribution in [0.25, 0.3) is 0 Å². The number of carbonyl (C=O) groups is 4. The number of nitrogens with one attached hydrogen (secondary N) is 1. The van der Waals surface area contributed by atoms with E-state index in [1.165, 1.54) is 0 Å². The molecule has 2 atom stereocenters. The third-order valence-corrected chi connectivity index (χ3v) is 2.16. The lowest BCUT2D eigenvalue weighted by molar-refractivity contribution is -0.158. The molecule has 0 heterocycles. The number of primary amides is 1. The maximum atomic E-state index is 11.6. The molecule has 0 aliphatic heterocycles. The molecule has 2 amide bonds. The molecule has 21 heavy (non-hydrogen) atoms. The summed E-state index contributed by atoms with van der Waals surface area (Å²) in [6, 6.07) is -2.77. The van der Waals surface area contributed by atoms with E-state index in [9.17, 15) is 19.2 Å². The molecule has 0 bridgehead atoms. The van der Waals surface area contributed by atoms with Gasteiger partial charge < -0.3 is 26.6 Å². The second-order valence-corrected chi connectivity index (χ2v) is 5.47. The van der Waals surface area contributed by atoms with Crippen LogP contribution in [0.5, 0.6) is 0 Å². The molecule has 0 aromatic heterocycles. The van der Waals surface area contributed by atoms with Crippen molar-refractivity contribution in [3.63, 3.8) is 0 Å². The van der Waals surface area contributed by atoms with E-state index in [0.29, 0.717) is 0 Å². The van der Waals surface area contributed by atoms with Gasteiger partial charge in [0.1, 0.15) is 11.6 Å². The van der Waals surface area contributed by atoms with E-state index in [1.54, 1.807) is 20.8 Å². The number of nitrogens with two attached hydrogens (primary N) is 2. The van der Waals surface area contributed by atoms with Crippen LogP contribution in [0.3, 0.4) is 0 Å². The number of carboxylic acid groups (broad SMARTS) is 1. The van der Waals surface area contributed by atoms with Gasteiger partial charge in [-0.2, -0.15) is 0 Å². The summed E-state index contributed by atoms with van der Waals surface area (Å²) in [7, 11) is 0. The Morgan fingerprint density at radius 1 is 1.19 bits per heavy atom. The Morgan fingerprint density at radius 3 is 2.10 bits per heavy atom. The number of esters is 1. The Morgan fingerprint density at radius 2 is 1.71 bits per heavy atom. The summed E-state index contributed by atoms with van der Waals surface area (Å²) in [5.41, 5.74) is 9.49. The van der Waals surface area contributed by atoms with Crippen LogP contribution < -0.4 is 16.8 Å². The highest BCUT2D eigenvalue weighted by atomic mass is 16.6. The van der Waals surface area contributed by atoms with Gasteiger partial charge in [-0.1, -0.05) is 0 Å². The molecule has 0 aromatic rings. The van der Waals surface area contributed by atoms with Crippen LogP contribution in [0.4, 0.5) is 0 Å². The van der Waals surface area contributed by atoms with E-state index < -0.39 is 54.3 Å². The Bertz CT molecular complexity index is 429. The Hall–Kier alpha value is -2.16. The Kier molecular flexibility index (Phi) is 6.80. The normalized spacial score (nSPS) is 13.9. The number of ether oxygens (including phenoxy) is 1. The highest BCUT2D eigenvalue weighted by Crippen LogP contribution is 2.09. The summed E-state index contributed by atoms with van der Waals surface area (Å²) in [5, 5.41) is 11.0. The van der Waals surface area contributed by atoms with E-state index in [2.05, 4.69) is 5.32 Å². The Balaban J connectivity index is 4.64. The van der Waals surface area contributed by atoms with Crippen LogP contribution in [0, 0.1) is 0 Å². The average molecular weight is 303 g/mol. The molecule has 6 N–H and O–H groups in total. The van der Waals surface area contributed by atoms with Gasteiger partial charge in [-0.15, -0.1) is 0 Å². The Labute approximate surface area is 122 Å². The van der Waals surface area contributed by atoms with E-state index in [0.717, 1.165) is 0 Å². The van der Waals surface area contributed by atoms with Gasteiger partial charge >= 0.3 is 11.9 Å². The number of amides is 2. The first-order valence-electron chi connectivity index (χ1n) is 6.21.